The van der Waals surface area contributed by atoms with Crippen LogP contribution in [0.25, 0.3) is 0 Å². The van der Waals surface area contributed by atoms with E-state index in [9.17, 15) is 0 Å². The maximum absolute atomic E-state index is 5.90. The van der Waals surface area contributed by atoms with Crippen LogP contribution in [0.15, 0.2) is 24.3 Å². The zero-order valence-corrected chi connectivity index (χ0v) is 10.8. The zero-order valence-electron chi connectivity index (χ0n) is 10.0. The standard InChI is InChI=1S/C13H20ClN3/c14-13-3-1-11(2-4-13)12(9-15)10-17-7-5-16-6-8-17/h1-4,12,16H,5-10,15H2. The van der Waals surface area contributed by atoms with E-state index < -0.39 is 0 Å². The van der Waals surface area contributed by atoms with Crippen LogP contribution < -0.4 is 11.1 Å². The third-order valence-corrected chi connectivity index (χ3v) is 3.57. The third-order valence-electron chi connectivity index (χ3n) is 3.31. The Bertz CT molecular complexity index is 333. The van der Waals surface area contributed by atoms with Crippen molar-refractivity contribution in [3.63, 3.8) is 0 Å². The topological polar surface area (TPSA) is 41.3 Å². The minimum absolute atomic E-state index is 0.408. The highest BCUT2D eigenvalue weighted by atomic mass is 35.5. The normalized spacial score (nSPS) is 19.2. The molecule has 1 unspecified atom stereocenters. The van der Waals surface area contributed by atoms with E-state index >= 15 is 0 Å². The van der Waals surface area contributed by atoms with Crippen molar-refractivity contribution in [2.24, 2.45) is 5.73 Å². The summed E-state index contributed by atoms with van der Waals surface area (Å²) in [6.07, 6.45) is 0. The van der Waals surface area contributed by atoms with Crippen molar-refractivity contribution in [1.82, 2.24) is 10.2 Å². The number of benzene rings is 1. The van der Waals surface area contributed by atoms with Crippen molar-refractivity contribution < 1.29 is 0 Å². The summed E-state index contributed by atoms with van der Waals surface area (Å²) in [4.78, 5) is 2.47. The highest BCUT2D eigenvalue weighted by Crippen LogP contribution is 2.19. The highest BCUT2D eigenvalue weighted by molar-refractivity contribution is 6.30. The van der Waals surface area contributed by atoms with E-state index in [0.717, 1.165) is 37.7 Å². The summed E-state index contributed by atoms with van der Waals surface area (Å²) in [6, 6.07) is 8.05. The molecule has 3 N–H and O–H groups in total. The highest BCUT2D eigenvalue weighted by Gasteiger charge is 2.16. The second kappa shape index (κ2) is 6.36. The minimum Gasteiger partial charge on any atom is -0.330 e. The monoisotopic (exact) mass is 253 g/mol. The Kier molecular flexibility index (Phi) is 4.80. The van der Waals surface area contributed by atoms with E-state index in [1.165, 1.54) is 5.56 Å². The Labute approximate surface area is 108 Å². The first-order valence-electron chi connectivity index (χ1n) is 6.18. The van der Waals surface area contributed by atoms with E-state index in [4.69, 9.17) is 17.3 Å². The van der Waals surface area contributed by atoms with Crippen LogP contribution in [0.2, 0.25) is 5.02 Å². The number of rotatable bonds is 4. The average Bonchev–Trinajstić information content (AvgIpc) is 2.38. The molecule has 1 aliphatic heterocycles. The molecule has 1 aromatic carbocycles. The molecule has 2 rings (SSSR count). The van der Waals surface area contributed by atoms with E-state index in [-0.39, 0.29) is 0 Å². The van der Waals surface area contributed by atoms with Crippen molar-refractivity contribution in [3.8, 4) is 0 Å². The summed E-state index contributed by atoms with van der Waals surface area (Å²) in [6.45, 7) is 6.12. The van der Waals surface area contributed by atoms with Crippen molar-refractivity contribution >= 4 is 11.6 Å². The lowest BCUT2D eigenvalue weighted by atomic mass is 9.98. The molecule has 0 bridgehead atoms. The van der Waals surface area contributed by atoms with E-state index in [1.807, 2.05) is 12.1 Å². The number of hydrogen-bond donors (Lipinski definition) is 2. The SMILES string of the molecule is NCC(CN1CCNCC1)c1ccc(Cl)cc1. The maximum Gasteiger partial charge on any atom is 0.0406 e. The lowest BCUT2D eigenvalue weighted by molar-refractivity contribution is 0.228. The molecule has 1 heterocycles. The van der Waals surface area contributed by atoms with Crippen LogP contribution in [-0.2, 0) is 0 Å². The molecule has 0 radical (unpaired) electrons. The van der Waals surface area contributed by atoms with Crippen LogP contribution >= 0.6 is 11.6 Å². The Hall–Kier alpha value is -0.610. The van der Waals surface area contributed by atoms with Crippen LogP contribution in [-0.4, -0.2) is 44.2 Å². The summed E-state index contributed by atoms with van der Waals surface area (Å²) in [5, 5.41) is 4.15. The molecule has 1 saturated heterocycles. The van der Waals surface area contributed by atoms with Crippen LogP contribution in [0.5, 0.6) is 0 Å². The Morgan fingerprint density at radius 1 is 1.24 bits per heavy atom. The molecular formula is C13H20ClN3. The number of nitrogens with two attached hydrogens (primary N) is 1. The molecule has 1 aromatic rings. The van der Waals surface area contributed by atoms with Gasteiger partial charge in [0.2, 0.25) is 0 Å². The van der Waals surface area contributed by atoms with Crippen molar-refractivity contribution in [1.29, 1.82) is 0 Å². The molecule has 1 atom stereocenters. The smallest absolute Gasteiger partial charge is 0.0406 e. The molecule has 0 aliphatic carbocycles. The molecule has 94 valence electrons. The van der Waals surface area contributed by atoms with Crippen LogP contribution in [0.4, 0.5) is 0 Å². The molecule has 3 nitrogen and oxygen atoms in total. The molecule has 0 amide bonds. The average molecular weight is 254 g/mol. The van der Waals surface area contributed by atoms with Crippen molar-refractivity contribution in [2.75, 3.05) is 39.3 Å². The van der Waals surface area contributed by atoms with E-state index in [2.05, 4.69) is 22.3 Å². The number of halogens is 1. The van der Waals surface area contributed by atoms with Crippen molar-refractivity contribution in [2.45, 2.75) is 5.92 Å². The number of piperazine rings is 1. The van der Waals surface area contributed by atoms with Gasteiger partial charge in [-0.15, -0.1) is 0 Å². The minimum atomic E-state index is 0.408. The number of nitrogens with zero attached hydrogens (tertiary/aromatic N) is 1. The molecule has 17 heavy (non-hydrogen) atoms. The van der Waals surface area contributed by atoms with Gasteiger partial charge >= 0.3 is 0 Å². The van der Waals surface area contributed by atoms with Gasteiger partial charge in [0, 0.05) is 50.2 Å². The fourth-order valence-corrected chi connectivity index (χ4v) is 2.38. The van der Waals surface area contributed by atoms with Gasteiger partial charge in [-0.2, -0.15) is 0 Å². The predicted octanol–water partition coefficient (Wildman–Crippen LogP) is 1.29. The predicted molar refractivity (Wildman–Crippen MR) is 72.6 cm³/mol. The number of nitrogens with one attached hydrogen (secondary N) is 1. The molecular weight excluding hydrogens is 234 g/mol. The zero-order chi connectivity index (χ0) is 12.1. The van der Waals surface area contributed by atoms with Gasteiger partial charge in [-0.3, -0.25) is 0 Å². The summed E-state index contributed by atoms with van der Waals surface area (Å²) in [7, 11) is 0. The van der Waals surface area contributed by atoms with Gasteiger partial charge in [0.1, 0.15) is 0 Å². The van der Waals surface area contributed by atoms with E-state index in [0.29, 0.717) is 12.5 Å². The van der Waals surface area contributed by atoms with Crippen LogP contribution in [0.1, 0.15) is 11.5 Å². The van der Waals surface area contributed by atoms with Gasteiger partial charge in [0.25, 0.3) is 0 Å². The summed E-state index contributed by atoms with van der Waals surface area (Å²) >= 11 is 5.90. The second-order valence-electron chi connectivity index (χ2n) is 4.53. The first-order valence-corrected chi connectivity index (χ1v) is 6.56. The summed E-state index contributed by atoms with van der Waals surface area (Å²) < 4.78 is 0. The lowest BCUT2D eigenvalue weighted by Crippen LogP contribution is -2.45. The first-order chi connectivity index (χ1) is 8.29. The van der Waals surface area contributed by atoms with Gasteiger partial charge in [-0.05, 0) is 17.7 Å². The number of hydrogen-bond acceptors (Lipinski definition) is 3. The third kappa shape index (κ3) is 3.68. The molecule has 0 aromatic heterocycles. The van der Waals surface area contributed by atoms with Gasteiger partial charge in [0.05, 0.1) is 0 Å². The van der Waals surface area contributed by atoms with Gasteiger partial charge in [0.15, 0.2) is 0 Å². The molecule has 1 fully saturated rings. The molecule has 0 spiro atoms. The fourth-order valence-electron chi connectivity index (χ4n) is 2.26. The molecule has 4 heteroatoms. The Morgan fingerprint density at radius 3 is 2.47 bits per heavy atom. The fraction of sp³-hybridized carbons (Fsp3) is 0.538. The summed E-state index contributed by atoms with van der Waals surface area (Å²) in [5.41, 5.74) is 7.17. The Morgan fingerprint density at radius 2 is 1.88 bits per heavy atom. The van der Waals surface area contributed by atoms with Crippen molar-refractivity contribution in [3.05, 3.63) is 34.9 Å². The quantitative estimate of drug-likeness (QED) is 0.850. The Balaban J connectivity index is 1.97. The largest absolute Gasteiger partial charge is 0.330 e. The van der Waals surface area contributed by atoms with Crippen LogP contribution in [0.3, 0.4) is 0 Å². The maximum atomic E-state index is 5.90. The molecule has 0 saturated carbocycles. The molecule has 1 aliphatic rings. The van der Waals surface area contributed by atoms with Crippen LogP contribution in [0, 0.1) is 0 Å². The van der Waals surface area contributed by atoms with E-state index in [1.54, 1.807) is 0 Å². The van der Waals surface area contributed by atoms with Gasteiger partial charge < -0.3 is 16.0 Å². The summed E-state index contributed by atoms with van der Waals surface area (Å²) in [5.74, 6) is 0.408. The lowest BCUT2D eigenvalue weighted by Gasteiger charge is -2.30. The first kappa shape index (κ1) is 12.8. The van der Waals surface area contributed by atoms with Gasteiger partial charge in [-0.25, -0.2) is 0 Å². The van der Waals surface area contributed by atoms with Gasteiger partial charge in [-0.1, -0.05) is 23.7 Å². The second-order valence-corrected chi connectivity index (χ2v) is 4.97.